The maximum absolute atomic E-state index is 12.6. The number of ether oxygens (including phenoxy) is 2. The lowest BCUT2D eigenvalue weighted by Crippen LogP contribution is -2.17. The minimum atomic E-state index is -0.310. The molecule has 4 aromatic rings. The normalized spacial score (nSPS) is 10.7. The number of halogens is 1. The van der Waals surface area contributed by atoms with Crippen molar-refractivity contribution in [1.29, 1.82) is 0 Å². The van der Waals surface area contributed by atoms with Crippen molar-refractivity contribution in [3.8, 4) is 17.4 Å². The molecule has 0 spiro atoms. The molecule has 0 aliphatic heterocycles. The summed E-state index contributed by atoms with van der Waals surface area (Å²) in [5, 5.41) is 12.6. The maximum Gasteiger partial charge on any atom is 0.237 e. The van der Waals surface area contributed by atoms with Crippen molar-refractivity contribution in [3.05, 3.63) is 77.1 Å². The van der Waals surface area contributed by atoms with Gasteiger partial charge in [-0.3, -0.25) is 14.7 Å². The van der Waals surface area contributed by atoms with Crippen LogP contribution in [0, 0.1) is 0 Å². The number of anilines is 1. The third kappa shape index (κ3) is 5.83. The van der Waals surface area contributed by atoms with Crippen LogP contribution in [0.5, 0.6) is 11.8 Å². The number of rotatable bonds is 9. The second kappa shape index (κ2) is 11.0. The van der Waals surface area contributed by atoms with Crippen LogP contribution in [0.4, 0.5) is 5.95 Å². The van der Waals surface area contributed by atoms with Crippen molar-refractivity contribution in [3.63, 3.8) is 0 Å². The zero-order valence-electron chi connectivity index (χ0n) is 18.4. The van der Waals surface area contributed by atoms with E-state index in [1.165, 1.54) is 32.0 Å². The first-order valence-electron chi connectivity index (χ1n) is 10.2. The van der Waals surface area contributed by atoms with Crippen molar-refractivity contribution in [2.45, 2.75) is 11.6 Å². The number of hydrogen-bond donors (Lipinski definition) is 1. The molecule has 0 fully saturated rings. The molecule has 1 amide bonds. The van der Waals surface area contributed by atoms with Crippen molar-refractivity contribution in [2.75, 3.05) is 25.3 Å². The van der Waals surface area contributed by atoms with Crippen LogP contribution < -0.4 is 14.8 Å². The number of aromatic nitrogens is 5. The summed E-state index contributed by atoms with van der Waals surface area (Å²) in [6.45, 7) is 0. The molecule has 2 heterocycles. The van der Waals surface area contributed by atoms with Crippen LogP contribution in [0.3, 0.4) is 0 Å². The minimum absolute atomic E-state index is 0.0694. The molecule has 0 bridgehead atoms. The van der Waals surface area contributed by atoms with Crippen molar-refractivity contribution in [1.82, 2.24) is 24.7 Å². The van der Waals surface area contributed by atoms with E-state index in [0.29, 0.717) is 16.6 Å². The Labute approximate surface area is 205 Å². The van der Waals surface area contributed by atoms with E-state index < -0.39 is 0 Å². The zero-order chi connectivity index (χ0) is 23.9. The lowest BCUT2D eigenvalue weighted by Gasteiger charge is -2.11. The van der Waals surface area contributed by atoms with Crippen LogP contribution in [0.25, 0.3) is 5.69 Å². The summed E-state index contributed by atoms with van der Waals surface area (Å²) in [6, 6.07) is 18.9. The summed E-state index contributed by atoms with van der Waals surface area (Å²) in [5.41, 5.74) is 1.95. The summed E-state index contributed by atoms with van der Waals surface area (Å²) < 4.78 is 12.2. The molecule has 34 heavy (non-hydrogen) atoms. The summed E-state index contributed by atoms with van der Waals surface area (Å²) in [4.78, 5) is 20.8. The van der Waals surface area contributed by atoms with Gasteiger partial charge in [-0.15, -0.1) is 10.2 Å². The third-order valence-corrected chi connectivity index (χ3v) is 5.85. The second-order valence-corrected chi connectivity index (χ2v) is 8.37. The zero-order valence-corrected chi connectivity index (χ0v) is 20.0. The van der Waals surface area contributed by atoms with Gasteiger partial charge in [0.25, 0.3) is 0 Å². The molecule has 174 valence electrons. The van der Waals surface area contributed by atoms with Gasteiger partial charge in [-0.05, 0) is 29.8 Å². The molecule has 0 unspecified atom stereocenters. The van der Waals surface area contributed by atoms with Gasteiger partial charge in [0, 0.05) is 17.1 Å². The standard InChI is InChI=1S/C23H21ClN6O3S/c1-32-20-13-21(33-2)27-22(26-20)25-19(31)14-34-23-29-28-18(12-15-6-4-3-5-7-15)30(23)17-10-8-16(24)9-11-17/h3-11,13H,12,14H2,1-2H3,(H,25,26,27,31). The maximum atomic E-state index is 12.6. The largest absolute Gasteiger partial charge is 0.481 e. The molecule has 1 N–H and O–H groups in total. The highest BCUT2D eigenvalue weighted by Crippen LogP contribution is 2.25. The number of hydrogen-bond acceptors (Lipinski definition) is 8. The van der Waals surface area contributed by atoms with Crippen LogP contribution in [0.15, 0.2) is 65.8 Å². The van der Waals surface area contributed by atoms with Crippen LogP contribution in [-0.2, 0) is 11.2 Å². The summed E-state index contributed by atoms with van der Waals surface area (Å²) >= 11 is 7.33. The van der Waals surface area contributed by atoms with E-state index in [1.807, 2.05) is 47.0 Å². The van der Waals surface area contributed by atoms with Crippen LogP contribution in [0.1, 0.15) is 11.4 Å². The molecule has 2 aromatic carbocycles. The molecule has 0 radical (unpaired) electrons. The lowest BCUT2D eigenvalue weighted by molar-refractivity contribution is -0.113. The topological polar surface area (TPSA) is 104 Å². The Kier molecular flexibility index (Phi) is 7.61. The fraction of sp³-hybridized carbons (Fsp3) is 0.174. The van der Waals surface area contributed by atoms with Gasteiger partial charge in [-0.1, -0.05) is 53.7 Å². The van der Waals surface area contributed by atoms with Crippen molar-refractivity contribution >= 4 is 35.2 Å². The number of carbonyl (C=O) groups is 1. The quantitative estimate of drug-likeness (QED) is 0.346. The van der Waals surface area contributed by atoms with E-state index in [4.69, 9.17) is 21.1 Å². The first-order chi connectivity index (χ1) is 16.6. The van der Waals surface area contributed by atoms with Gasteiger partial charge in [0.15, 0.2) is 5.16 Å². The van der Waals surface area contributed by atoms with Gasteiger partial charge in [-0.2, -0.15) is 9.97 Å². The molecule has 0 aliphatic rings. The Morgan fingerprint density at radius 3 is 2.32 bits per heavy atom. The number of methoxy groups -OCH3 is 2. The monoisotopic (exact) mass is 496 g/mol. The predicted octanol–water partition coefficient (Wildman–Crippen LogP) is 4.05. The number of thioether (sulfide) groups is 1. The highest BCUT2D eigenvalue weighted by Gasteiger charge is 2.17. The Hall–Kier alpha value is -3.63. The van der Waals surface area contributed by atoms with Gasteiger partial charge in [0.05, 0.1) is 26.0 Å². The van der Waals surface area contributed by atoms with E-state index in [2.05, 4.69) is 25.5 Å². The summed E-state index contributed by atoms with van der Waals surface area (Å²) in [5.74, 6) is 1.16. The molecule has 11 heteroatoms. The molecular formula is C23H21ClN6O3S. The summed E-state index contributed by atoms with van der Waals surface area (Å²) in [7, 11) is 2.94. The average Bonchev–Trinajstić information content (AvgIpc) is 3.25. The van der Waals surface area contributed by atoms with Gasteiger partial charge < -0.3 is 9.47 Å². The van der Waals surface area contributed by atoms with Crippen LogP contribution in [-0.4, -0.2) is 50.6 Å². The van der Waals surface area contributed by atoms with Gasteiger partial charge in [-0.25, -0.2) is 0 Å². The molecule has 0 aliphatic carbocycles. The molecule has 0 saturated heterocycles. The SMILES string of the molecule is COc1cc(OC)nc(NC(=O)CSc2nnc(Cc3ccccc3)n2-c2ccc(Cl)cc2)n1. The lowest BCUT2D eigenvalue weighted by atomic mass is 10.1. The van der Waals surface area contributed by atoms with Crippen LogP contribution >= 0.6 is 23.4 Å². The molecule has 4 rings (SSSR count). The van der Waals surface area contributed by atoms with Gasteiger partial charge in [0.2, 0.25) is 23.6 Å². The molecule has 9 nitrogen and oxygen atoms in total. The van der Waals surface area contributed by atoms with E-state index in [1.54, 1.807) is 12.1 Å². The van der Waals surface area contributed by atoms with Gasteiger partial charge >= 0.3 is 0 Å². The molecule has 0 saturated carbocycles. The van der Waals surface area contributed by atoms with E-state index >= 15 is 0 Å². The highest BCUT2D eigenvalue weighted by atomic mass is 35.5. The van der Waals surface area contributed by atoms with E-state index in [0.717, 1.165) is 17.1 Å². The third-order valence-electron chi connectivity index (χ3n) is 4.67. The van der Waals surface area contributed by atoms with Crippen molar-refractivity contribution in [2.24, 2.45) is 0 Å². The fourth-order valence-electron chi connectivity index (χ4n) is 3.10. The average molecular weight is 497 g/mol. The number of benzene rings is 2. The Morgan fingerprint density at radius 1 is 1.00 bits per heavy atom. The Morgan fingerprint density at radius 2 is 1.68 bits per heavy atom. The Balaban J connectivity index is 1.53. The number of nitrogens with one attached hydrogen (secondary N) is 1. The molecule has 0 atom stereocenters. The van der Waals surface area contributed by atoms with Crippen molar-refractivity contribution < 1.29 is 14.3 Å². The van der Waals surface area contributed by atoms with E-state index in [9.17, 15) is 4.79 Å². The first kappa shape index (κ1) is 23.5. The minimum Gasteiger partial charge on any atom is -0.481 e. The first-order valence-corrected chi connectivity index (χ1v) is 11.6. The predicted molar refractivity (Wildman–Crippen MR) is 130 cm³/mol. The highest BCUT2D eigenvalue weighted by molar-refractivity contribution is 7.99. The summed E-state index contributed by atoms with van der Waals surface area (Å²) in [6.07, 6.45) is 0.584. The second-order valence-electron chi connectivity index (χ2n) is 6.99. The number of nitrogens with zero attached hydrogens (tertiary/aromatic N) is 5. The van der Waals surface area contributed by atoms with E-state index in [-0.39, 0.29) is 29.4 Å². The fourth-order valence-corrected chi connectivity index (χ4v) is 3.99. The molecule has 2 aromatic heterocycles. The smallest absolute Gasteiger partial charge is 0.237 e. The molecular weight excluding hydrogens is 476 g/mol. The number of carbonyl (C=O) groups excluding carboxylic acids is 1. The van der Waals surface area contributed by atoms with Crippen LogP contribution in [0.2, 0.25) is 5.02 Å². The van der Waals surface area contributed by atoms with Gasteiger partial charge in [0.1, 0.15) is 5.82 Å². The number of amides is 1. The Bertz CT molecular complexity index is 1250.